The highest BCUT2D eigenvalue weighted by Crippen LogP contribution is 2.48. The van der Waals surface area contributed by atoms with Gasteiger partial charge in [-0.15, -0.1) is 0 Å². The van der Waals surface area contributed by atoms with Gasteiger partial charge in [0.25, 0.3) is 0 Å². The van der Waals surface area contributed by atoms with Crippen molar-refractivity contribution in [3.05, 3.63) is 69.6 Å². The van der Waals surface area contributed by atoms with Gasteiger partial charge in [0.15, 0.2) is 6.35 Å². The number of hydrogen-bond donors (Lipinski definition) is 1. The SMILES string of the molecule is CCOP(=O)(COc1ccc(Cn2c(CO)nc(C(C)C)c2Sc2cc(Cl)cc(Cl)c2)cc1)OCC. The van der Waals surface area contributed by atoms with E-state index in [4.69, 9.17) is 42.0 Å². The zero-order valence-corrected chi connectivity index (χ0v) is 24.0. The van der Waals surface area contributed by atoms with E-state index in [1.807, 2.05) is 28.8 Å². The number of rotatable bonds is 13. The van der Waals surface area contributed by atoms with Crippen molar-refractivity contribution in [2.45, 2.75) is 56.7 Å². The van der Waals surface area contributed by atoms with Crippen LogP contribution in [0.4, 0.5) is 0 Å². The zero-order valence-electron chi connectivity index (χ0n) is 20.7. The Morgan fingerprint density at radius 3 is 2.19 bits per heavy atom. The average molecular weight is 573 g/mol. The van der Waals surface area contributed by atoms with Crippen LogP contribution in [0.3, 0.4) is 0 Å². The number of nitrogens with zero attached hydrogens (tertiary/aromatic N) is 2. The molecule has 0 amide bonds. The van der Waals surface area contributed by atoms with Crippen LogP contribution in [-0.2, 0) is 26.8 Å². The molecule has 1 N–H and O–H groups in total. The van der Waals surface area contributed by atoms with Crippen molar-refractivity contribution in [3.63, 3.8) is 0 Å². The summed E-state index contributed by atoms with van der Waals surface area (Å²) < 4.78 is 30.9. The van der Waals surface area contributed by atoms with Gasteiger partial charge < -0.3 is 23.5 Å². The van der Waals surface area contributed by atoms with Crippen molar-refractivity contribution < 1.29 is 23.5 Å². The second kappa shape index (κ2) is 13.3. The summed E-state index contributed by atoms with van der Waals surface area (Å²) >= 11 is 14.0. The Kier molecular flexibility index (Phi) is 10.8. The Hall–Kier alpha value is -1.51. The van der Waals surface area contributed by atoms with Gasteiger partial charge in [0, 0.05) is 21.5 Å². The standard InChI is InChI=1S/C25H31Cl2N2O5PS/c1-5-33-35(31,34-6-2)16-32-21-9-7-18(8-10-21)14-29-23(15-30)28-24(17(3)4)25(29)36-22-12-19(26)11-20(27)13-22/h7-13,17,30H,5-6,14-16H2,1-4H3. The first kappa shape index (κ1) is 29.1. The monoisotopic (exact) mass is 572 g/mol. The minimum absolute atomic E-state index is 0.149. The van der Waals surface area contributed by atoms with E-state index in [9.17, 15) is 9.67 Å². The fraction of sp³-hybridized carbons (Fsp3) is 0.400. The Morgan fingerprint density at radius 1 is 1.06 bits per heavy atom. The van der Waals surface area contributed by atoms with Crippen LogP contribution in [-0.4, -0.2) is 34.2 Å². The predicted molar refractivity (Wildman–Crippen MR) is 145 cm³/mol. The Bertz CT molecular complexity index is 1170. The van der Waals surface area contributed by atoms with Gasteiger partial charge in [0.2, 0.25) is 0 Å². The lowest BCUT2D eigenvalue weighted by Crippen LogP contribution is -2.07. The normalized spacial score (nSPS) is 11.9. The third-order valence-electron chi connectivity index (χ3n) is 5.07. The van der Waals surface area contributed by atoms with E-state index in [0.29, 0.717) is 28.2 Å². The average Bonchev–Trinajstić information content (AvgIpc) is 3.15. The first-order valence-corrected chi connectivity index (χ1v) is 14.9. The molecule has 2 aromatic carbocycles. The van der Waals surface area contributed by atoms with E-state index in [2.05, 4.69) is 13.8 Å². The number of benzene rings is 2. The molecule has 0 fully saturated rings. The Morgan fingerprint density at radius 2 is 1.67 bits per heavy atom. The highest BCUT2D eigenvalue weighted by Gasteiger charge is 2.25. The van der Waals surface area contributed by atoms with Crippen LogP contribution >= 0.6 is 42.6 Å². The minimum atomic E-state index is -3.30. The fourth-order valence-corrected chi connectivity index (χ4v) is 6.74. The fourth-order valence-electron chi connectivity index (χ4n) is 3.50. The van der Waals surface area contributed by atoms with Gasteiger partial charge in [-0.3, -0.25) is 4.57 Å². The molecule has 36 heavy (non-hydrogen) atoms. The molecule has 0 saturated heterocycles. The lowest BCUT2D eigenvalue weighted by atomic mass is 10.1. The van der Waals surface area contributed by atoms with Crippen molar-refractivity contribution >= 4 is 42.6 Å². The molecule has 0 spiro atoms. The maximum Gasteiger partial charge on any atom is 0.367 e. The maximum absolute atomic E-state index is 12.6. The van der Waals surface area contributed by atoms with Gasteiger partial charge in [-0.25, -0.2) is 4.98 Å². The number of hydrogen-bond acceptors (Lipinski definition) is 7. The molecule has 0 atom stereocenters. The lowest BCUT2D eigenvalue weighted by molar-refractivity contribution is 0.197. The number of ether oxygens (including phenoxy) is 1. The smallest absolute Gasteiger partial charge is 0.367 e. The van der Waals surface area contributed by atoms with E-state index in [1.54, 1.807) is 32.0 Å². The Balaban J connectivity index is 1.84. The van der Waals surface area contributed by atoms with Crippen molar-refractivity contribution in [2.24, 2.45) is 0 Å². The van der Waals surface area contributed by atoms with Crippen LogP contribution in [0.5, 0.6) is 5.75 Å². The van der Waals surface area contributed by atoms with Gasteiger partial charge in [0.05, 0.1) is 18.9 Å². The molecular formula is C25H31Cl2N2O5PS. The van der Waals surface area contributed by atoms with Crippen LogP contribution in [0, 0.1) is 0 Å². The summed E-state index contributed by atoms with van der Waals surface area (Å²) in [6.07, 6.45) is -0.162. The molecule has 196 valence electrons. The Labute approximate surface area is 226 Å². The molecule has 3 aromatic rings. The van der Waals surface area contributed by atoms with Gasteiger partial charge in [0.1, 0.15) is 23.2 Å². The quantitative estimate of drug-likeness (QED) is 0.211. The molecule has 0 aliphatic carbocycles. The third kappa shape index (κ3) is 7.75. The first-order valence-electron chi connectivity index (χ1n) is 11.6. The van der Waals surface area contributed by atoms with Crippen LogP contribution < -0.4 is 4.74 Å². The molecule has 0 radical (unpaired) electrons. The van der Waals surface area contributed by atoms with E-state index < -0.39 is 7.60 Å². The topological polar surface area (TPSA) is 82.8 Å². The molecule has 0 aliphatic rings. The summed E-state index contributed by atoms with van der Waals surface area (Å²) in [5, 5.41) is 12.1. The molecule has 3 rings (SSSR count). The molecule has 7 nitrogen and oxygen atoms in total. The molecule has 0 bridgehead atoms. The zero-order chi connectivity index (χ0) is 26.3. The number of aromatic nitrogens is 2. The lowest BCUT2D eigenvalue weighted by Gasteiger charge is -2.17. The van der Waals surface area contributed by atoms with Gasteiger partial charge >= 0.3 is 7.60 Å². The second-order valence-electron chi connectivity index (χ2n) is 8.19. The number of aliphatic hydroxyl groups excluding tert-OH is 1. The highest BCUT2D eigenvalue weighted by atomic mass is 35.5. The van der Waals surface area contributed by atoms with Crippen molar-refractivity contribution in [3.8, 4) is 5.75 Å². The van der Waals surface area contributed by atoms with Crippen molar-refractivity contribution in [2.75, 3.05) is 19.6 Å². The summed E-state index contributed by atoms with van der Waals surface area (Å²) in [4.78, 5) is 5.60. The molecule has 0 aliphatic heterocycles. The number of imidazole rings is 1. The van der Waals surface area contributed by atoms with E-state index in [0.717, 1.165) is 21.2 Å². The van der Waals surface area contributed by atoms with Crippen molar-refractivity contribution in [1.29, 1.82) is 0 Å². The van der Waals surface area contributed by atoms with Crippen LogP contribution in [0.2, 0.25) is 10.0 Å². The molecule has 0 saturated carbocycles. The predicted octanol–water partition coefficient (Wildman–Crippen LogP) is 7.61. The van der Waals surface area contributed by atoms with E-state index >= 15 is 0 Å². The molecule has 1 heterocycles. The number of halogens is 2. The molecule has 0 unspecified atom stereocenters. The first-order chi connectivity index (χ1) is 17.2. The minimum Gasteiger partial charge on any atom is -0.481 e. The van der Waals surface area contributed by atoms with Gasteiger partial charge in [-0.2, -0.15) is 0 Å². The van der Waals surface area contributed by atoms with Crippen LogP contribution in [0.25, 0.3) is 0 Å². The molecular weight excluding hydrogens is 542 g/mol. The van der Waals surface area contributed by atoms with E-state index in [1.165, 1.54) is 11.8 Å². The summed E-state index contributed by atoms with van der Waals surface area (Å²) in [7, 11) is -3.30. The largest absolute Gasteiger partial charge is 0.481 e. The summed E-state index contributed by atoms with van der Waals surface area (Å²) in [5.41, 5.74) is 1.87. The van der Waals surface area contributed by atoms with Gasteiger partial charge in [-0.1, -0.05) is 60.9 Å². The summed E-state index contributed by atoms with van der Waals surface area (Å²) in [6.45, 7) is 8.50. The maximum atomic E-state index is 12.6. The summed E-state index contributed by atoms with van der Waals surface area (Å²) in [5.74, 6) is 1.28. The second-order valence-corrected chi connectivity index (χ2v) is 12.1. The molecule has 11 heteroatoms. The van der Waals surface area contributed by atoms with Gasteiger partial charge in [-0.05, 0) is 55.7 Å². The van der Waals surface area contributed by atoms with Crippen molar-refractivity contribution in [1.82, 2.24) is 9.55 Å². The third-order valence-corrected chi connectivity index (χ3v) is 8.35. The van der Waals surface area contributed by atoms with Crippen LogP contribution in [0.15, 0.2) is 52.4 Å². The van der Waals surface area contributed by atoms with Crippen LogP contribution in [0.1, 0.15) is 50.7 Å². The highest BCUT2D eigenvalue weighted by molar-refractivity contribution is 7.99. The number of aliphatic hydroxyl groups is 1. The molecule has 1 aromatic heterocycles. The van der Waals surface area contributed by atoms with E-state index in [-0.39, 0.29) is 32.1 Å². The summed E-state index contributed by atoms with van der Waals surface area (Å²) in [6, 6.07) is 12.9.